The average Bonchev–Trinajstić information content (AvgIpc) is 2.37. The molecule has 0 saturated carbocycles. The Morgan fingerprint density at radius 1 is 0.600 bits per heavy atom. The lowest BCUT2D eigenvalue weighted by Crippen LogP contribution is -2.28. The van der Waals surface area contributed by atoms with E-state index in [4.69, 9.17) is 14.7 Å². The summed E-state index contributed by atoms with van der Waals surface area (Å²) in [6.45, 7) is 35.4. The van der Waals surface area contributed by atoms with Gasteiger partial charge in [-0.1, -0.05) is 150 Å². The fourth-order valence-corrected chi connectivity index (χ4v) is 10.1. The summed E-state index contributed by atoms with van der Waals surface area (Å²) in [4.78, 5) is 56.7. The molecule has 5 heterocycles. The number of ether oxygens (including phenoxy) is 1. The van der Waals surface area contributed by atoms with E-state index in [1.165, 1.54) is 12.1 Å². The van der Waals surface area contributed by atoms with Crippen molar-refractivity contribution in [3.05, 3.63) is 198 Å². The van der Waals surface area contributed by atoms with E-state index < -0.39 is 16.9 Å². The third-order valence-corrected chi connectivity index (χ3v) is 15.3. The molecule has 2 aliphatic rings. The highest BCUT2D eigenvalue weighted by atomic mass is 16.6. The van der Waals surface area contributed by atoms with Crippen LogP contribution in [-0.2, 0) is 31.2 Å². The summed E-state index contributed by atoms with van der Waals surface area (Å²) < 4.78 is 5.42. The van der Waals surface area contributed by atoms with E-state index in [9.17, 15) is 24.8 Å². The largest absolute Gasteiger partial charge is 0.478 e. The SMILES string of the molecule is C=C(C)C(=O)OCCN(CC)c1ccc(C#Cc2c3ccc([nH]3)c(-c3cc(C(C)(C)C)cc(C(C)(C)C)c3)c3nc(c(C#Cc4ccc([N+](=O)[O-])cc4C(=O)O)c4nc(c(-c5cc(C(C)(C)C)cc(C(C)(C)C)c5)c5ccc2[nH]5)C=C4)C=C3)cc1. The number of nitro groups is 1. The Morgan fingerprint density at radius 3 is 1.47 bits per heavy atom. The average molecular weight is 1130 g/mol. The van der Waals surface area contributed by atoms with E-state index in [0.29, 0.717) is 47.0 Å². The van der Waals surface area contributed by atoms with Crippen LogP contribution in [0.1, 0.15) is 175 Å². The summed E-state index contributed by atoms with van der Waals surface area (Å²) in [5.74, 6) is 11.8. The van der Waals surface area contributed by atoms with Crippen molar-refractivity contribution in [3.63, 3.8) is 0 Å². The highest BCUT2D eigenvalue weighted by molar-refractivity contribution is 5.96. The van der Waals surface area contributed by atoms with Crippen LogP contribution >= 0.6 is 0 Å². The van der Waals surface area contributed by atoms with Crippen LogP contribution in [0.4, 0.5) is 11.4 Å². The number of aromatic carboxylic acids is 1. The molecular formula is C73H74N6O6. The molecule has 0 saturated heterocycles. The van der Waals surface area contributed by atoms with Gasteiger partial charge in [0.25, 0.3) is 5.69 Å². The zero-order chi connectivity index (χ0) is 61.5. The van der Waals surface area contributed by atoms with Crippen molar-refractivity contribution >= 4 is 69.7 Å². The number of H-pyrrole nitrogens is 2. The molecule has 12 nitrogen and oxygen atoms in total. The van der Waals surface area contributed by atoms with Gasteiger partial charge in [-0.25, -0.2) is 19.6 Å². The summed E-state index contributed by atoms with van der Waals surface area (Å²) in [6.07, 6.45) is 7.79. The molecule has 0 aliphatic carbocycles. The van der Waals surface area contributed by atoms with Gasteiger partial charge in [-0.2, -0.15) is 0 Å². The molecule has 12 heteroatoms. The topological polar surface area (TPSA) is 167 Å². The van der Waals surface area contributed by atoms with Crippen LogP contribution in [-0.4, -0.2) is 61.6 Å². The van der Waals surface area contributed by atoms with E-state index >= 15 is 0 Å². The summed E-state index contributed by atoms with van der Waals surface area (Å²) in [6, 6.07) is 33.6. The summed E-state index contributed by atoms with van der Waals surface area (Å²) >= 11 is 0. The van der Waals surface area contributed by atoms with Gasteiger partial charge in [-0.05, 0) is 148 Å². The number of carboxylic acids is 1. The first-order valence-electron chi connectivity index (χ1n) is 28.7. The summed E-state index contributed by atoms with van der Waals surface area (Å²) in [5.41, 5.74) is 15.5. The van der Waals surface area contributed by atoms with E-state index in [1.54, 1.807) is 6.92 Å². The Bertz CT molecular complexity index is 4010. The van der Waals surface area contributed by atoms with Crippen molar-refractivity contribution in [3.8, 4) is 45.9 Å². The number of carbonyl (C=O) groups excluding carboxylic acids is 1. The second kappa shape index (κ2) is 23.3. The second-order valence-corrected chi connectivity index (χ2v) is 25.9. The van der Waals surface area contributed by atoms with Crippen LogP contribution < -0.4 is 4.90 Å². The number of nitro benzene ring substituents is 1. The van der Waals surface area contributed by atoms with E-state index in [2.05, 4.69) is 196 Å². The standard InChI is InChI=1S/C73H74N6O6/c1-16-78(35-36-85-69(82)44(2)3)53-22-17-45(18-23-53)19-25-55-58-27-31-62(74-58)66(47-37-49(70(4,5)6)41-50(38-47)71(7,8)9)64-33-29-60(76-64)56(26-21-46-20-24-54(79(83)84)43-57(46)68(80)81)61-30-34-65(77-61)67(63-32-28-59(55)75-63)48-39-51(72(10,11)12)42-52(40-48)73(13,14)15/h17-18,20,22-24,27-34,37-43,74-75H,2,16,35-36H2,1,3-15H3,(H,80,81). The predicted octanol–water partition coefficient (Wildman–Crippen LogP) is 16.5. The second-order valence-electron chi connectivity index (χ2n) is 25.9. The smallest absolute Gasteiger partial charge is 0.337 e. The van der Waals surface area contributed by atoms with Gasteiger partial charge in [0.05, 0.1) is 62.0 Å². The molecule has 0 atom stereocenters. The Labute approximate surface area is 499 Å². The Morgan fingerprint density at radius 2 is 1.05 bits per heavy atom. The summed E-state index contributed by atoms with van der Waals surface area (Å²) in [5, 5.41) is 22.1. The van der Waals surface area contributed by atoms with Crippen LogP contribution in [0, 0.1) is 33.8 Å². The number of aromatic nitrogens is 4. The van der Waals surface area contributed by atoms with Crippen molar-refractivity contribution in [2.45, 2.75) is 119 Å². The molecule has 3 N–H and O–H groups in total. The number of esters is 1. The van der Waals surface area contributed by atoms with Gasteiger partial charge >= 0.3 is 11.9 Å². The third-order valence-electron chi connectivity index (χ3n) is 15.3. The zero-order valence-corrected chi connectivity index (χ0v) is 51.2. The first-order chi connectivity index (χ1) is 40.0. The predicted molar refractivity (Wildman–Crippen MR) is 347 cm³/mol. The number of likely N-dealkylation sites (N-methyl/N-ethyl adjacent to an activating group) is 1. The Hall–Kier alpha value is -9.52. The van der Waals surface area contributed by atoms with Crippen molar-refractivity contribution in [2.24, 2.45) is 0 Å². The first kappa shape index (κ1) is 60.1. The number of hydrogen-bond acceptors (Lipinski definition) is 8. The number of non-ortho nitro benzene ring substituents is 1. The van der Waals surface area contributed by atoms with Gasteiger partial charge in [0.15, 0.2) is 0 Å². The Kier molecular flexibility index (Phi) is 16.4. The number of rotatable bonds is 10. The molecule has 3 aromatic heterocycles. The van der Waals surface area contributed by atoms with Crippen LogP contribution in [0.3, 0.4) is 0 Å². The number of nitrogens with one attached hydrogen (secondary N) is 2. The molecule has 432 valence electrons. The van der Waals surface area contributed by atoms with Gasteiger partial charge in [0, 0.05) is 63.2 Å². The monoisotopic (exact) mass is 1130 g/mol. The van der Waals surface area contributed by atoms with Gasteiger partial charge in [0.2, 0.25) is 0 Å². The maximum atomic E-state index is 12.7. The maximum Gasteiger partial charge on any atom is 0.337 e. The lowest BCUT2D eigenvalue weighted by Gasteiger charge is -2.26. The van der Waals surface area contributed by atoms with Gasteiger partial charge in [-0.15, -0.1) is 0 Å². The van der Waals surface area contributed by atoms with Crippen molar-refractivity contribution in [2.75, 3.05) is 24.6 Å². The maximum absolute atomic E-state index is 12.7. The first-order valence-corrected chi connectivity index (χ1v) is 28.7. The number of carboxylic acid groups (broad SMARTS) is 1. The number of benzene rings is 4. The highest BCUT2D eigenvalue weighted by Crippen LogP contribution is 2.41. The van der Waals surface area contributed by atoms with Gasteiger partial charge in [-0.3, -0.25) is 10.1 Å². The van der Waals surface area contributed by atoms with E-state index in [0.717, 1.165) is 89.5 Å². The number of fused-ring (bicyclic) bond motifs is 8. The lowest BCUT2D eigenvalue weighted by molar-refractivity contribution is -0.384. The molecule has 7 aromatic rings. The minimum Gasteiger partial charge on any atom is -0.478 e. The summed E-state index contributed by atoms with van der Waals surface area (Å²) in [7, 11) is 0. The molecule has 9 rings (SSSR count). The number of hydrogen-bond donors (Lipinski definition) is 3. The molecule has 2 aliphatic heterocycles. The number of nitrogens with zero attached hydrogens (tertiary/aromatic N) is 4. The van der Waals surface area contributed by atoms with Crippen molar-refractivity contribution in [1.82, 2.24) is 19.9 Å². The molecule has 0 fully saturated rings. The van der Waals surface area contributed by atoms with Crippen molar-refractivity contribution < 1.29 is 24.4 Å². The van der Waals surface area contributed by atoms with E-state index in [-0.39, 0.29) is 45.1 Å². The third kappa shape index (κ3) is 13.3. The van der Waals surface area contributed by atoms with E-state index in [1.807, 2.05) is 48.6 Å². The molecule has 4 aromatic carbocycles. The number of anilines is 1. The minimum atomic E-state index is -1.34. The quantitative estimate of drug-likeness (QED) is 0.0397. The van der Waals surface area contributed by atoms with Crippen LogP contribution in [0.25, 0.3) is 68.6 Å². The molecule has 0 spiro atoms. The molecule has 0 radical (unpaired) electrons. The molecule has 8 bridgehead atoms. The van der Waals surface area contributed by atoms with Crippen LogP contribution in [0.2, 0.25) is 0 Å². The Balaban J connectivity index is 1.39. The number of aromatic amines is 2. The zero-order valence-electron chi connectivity index (χ0n) is 51.2. The van der Waals surface area contributed by atoms with Gasteiger partial charge in [0.1, 0.15) is 6.61 Å². The fraction of sp³-hybridized carbons (Fsp3) is 0.288. The molecule has 0 amide bonds. The molecule has 0 unspecified atom stereocenters. The normalized spacial score (nSPS) is 12.3. The molecule has 85 heavy (non-hydrogen) atoms. The van der Waals surface area contributed by atoms with Crippen LogP contribution in [0.5, 0.6) is 0 Å². The van der Waals surface area contributed by atoms with Crippen LogP contribution in [0.15, 0.2) is 115 Å². The fourth-order valence-electron chi connectivity index (χ4n) is 10.1. The lowest BCUT2D eigenvalue weighted by atomic mass is 9.78. The van der Waals surface area contributed by atoms with Crippen molar-refractivity contribution in [1.29, 1.82) is 0 Å². The highest BCUT2D eigenvalue weighted by Gasteiger charge is 2.26. The molecular weight excluding hydrogens is 1060 g/mol. The number of carbonyl (C=O) groups is 2. The minimum absolute atomic E-state index is 0.0992. The van der Waals surface area contributed by atoms with Gasteiger partial charge < -0.3 is 24.7 Å².